The zero-order chi connectivity index (χ0) is 16.8. The highest BCUT2D eigenvalue weighted by molar-refractivity contribution is 5.91. The van der Waals surface area contributed by atoms with Crippen LogP contribution in [-0.2, 0) is 11.2 Å². The van der Waals surface area contributed by atoms with Crippen LogP contribution in [-0.4, -0.2) is 61.9 Å². The first-order valence-electron chi connectivity index (χ1n) is 8.34. The van der Waals surface area contributed by atoms with Crippen molar-refractivity contribution in [1.82, 2.24) is 15.1 Å². The fourth-order valence-corrected chi connectivity index (χ4v) is 2.87. The predicted molar refractivity (Wildman–Crippen MR) is 88.3 cm³/mol. The second-order valence-electron chi connectivity index (χ2n) is 6.05. The Morgan fingerprint density at radius 3 is 2.61 bits per heavy atom. The number of hydrogen-bond acceptors (Lipinski definition) is 4. The third kappa shape index (κ3) is 4.34. The van der Waals surface area contributed by atoms with Crippen LogP contribution >= 0.6 is 0 Å². The van der Waals surface area contributed by atoms with E-state index in [0.717, 1.165) is 31.6 Å². The molecule has 0 atom stereocenters. The molecule has 0 spiro atoms. The fraction of sp³-hybridized carbons (Fsp3) is 0.647. The topological polar surface area (TPSA) is 65.8 Å². The number of carbonyl (C=O) groups excluding carboxylic acids is 2. The van der Waals surface area contributed by atoms with Gasteiger partial charge in [0.15, 0.2) is 5.76 Å². The van der Waals surface area contributed by atoms with E-state index in [1.54, 1.807) is 15.9 Å². The number of hydrogen-bond donors (Lipinski definition) is 1. The molecule has 1 N–H and O–H groups in total. The van der Waals surface area contributed by atoms with Crippen molar-refractivity contribution < 1.29 is 14.0 Å². The monoisotopic (exact) mass is 321 g/mol. The molecule has 0 bridgehead atoms. The number of likely N-dealkylation sites (N-methyl/N-ethyl adjacent to an activating group) is 2. The van der Waals surface area contributed by atoms with E-state index in [1.165, 1.54) is 0 Å². The van der Waals surface area contributed by atoms with Crippen molar-refractivity contribution in [1.29, 1.82) is 0 Å². The second kappa shape index (κ2) is 8.15. The summed E-state index contributed by atoms with van der Waals surface area (Å²) in [5.41, 5.74) is 0. The summed E-state index contributed by atoms with van der Waals surface area (Å²) in [6, 6.07) is 3.59. The van der Waals surface area contributed by atoms with Crippen molar-refractivity contribution in [2.45, 2.75) is 26.2 Å². The Kier molecular flexibility index (Phi) is 6.21. The minimum absolute atomic E-state index is 0.0173. The van der Waals surface area contributed by atoms with Gasteiger partial charge in [-0.05, 0) is 32.0 Å². The van der Waals surface area contributed by atoms with Crippen LogP contribution < -0.4 is 5.32 Å². The maximum atomic E-state index is 12.4. The van der Waals surface area contributed by atoms with Gasteiger partial charge in [-0.15, -0.1) is 0 Å². The molecule has 0 radical (unpaired) electrons. The number of likely N-dealkylation sites (tertiary alicyclic amines) is 1. The van der Waals surface area contributed by atoms with E-state index in [9.17, 15) is 9.59 Å². The van der Waals surface area contributed by atoms with Crippen molar-refractivity contribution in [3.8, 4) is 0 Å². The van der Waals surface area contributed by atoms with Crippen molar-refractivity contribution >= 4 is 11.8 Å². The number of aryl methyl sites for hydroxylation is 1. The molecular weight excluding hydrogens is 294 g/mol. The van der Waals surface area contributed by atoms with E-state index in [0.29, 0.717) is 25.4 Å². The lowest BCUT2D eigenvalue weighted by molar-refractivity contribution is -0.135. The van der Waals surface area contributed by atoms with Gasteiger partial charge in [0.05, 0.1) is 0 Å². The first kappa shape index (κ1) is 17.5. The smallest absolute Gasteiger partial charge is 0.289 e. The van der Waals surface area contributed by atoms with E-state index in [-0.39, 0.29) is 17.7 Å². The molecule has 6 heteroatoms. The average Bonchev–Trinajstić information content (AvgIpc) is 3.07. The lowest BCUT2D eigenvalue weighted by atomic mass is 9.95. The molecule has 0 aromatic carbocycles. The van der Waals surface area contributed by atoms with Crippen molar-refractivity contribution in [2.75, 3.05) is 40.3 Å². The number of nitrogens with one attached hydrogen (secondary N) is 1. The standard InChI is InChI=1S/C17H27N3O3/c1-4-14-5-6-15(23-14)17(22)20-10-7-13(8-11-20)16(21)19(3)12-9-18-2/h5-6,13,18H,4,7-12H2,1-3H3. The Bertz CT molecular complexity index is 533. The molecule has 1 aromatic heterocycles. The van der Waals surface area contributed by atoms with Crippen LogP contribution in [0, 0.1) is 5.92 Å². The number of nitrogens with zero attached hydrogens (tertiary/aromatic N) is 2. The summed E-state index contributed by atoms with van der Waals surface area (Å²) in [5, 5.41) is 3.05. The molecule has 2 rings (SSSR count). The molecule has 2 heterocycles. The molecule has 2 amide bonds. The number of rotatable bonds is 6. The highest BCUT2D eigenvalue weighted by Gasteiger charge is 2.30. The number of furan rings is 1. The fourth-order valence-electron chi connectivity index (χ4n) is 2.87. The lowest BCUT2D eigenvalue weighted by Crippen LogP contribution is -2.44. The highest BCUT2D eigenvalue weighted by atomic mass is 16.4. The van der Waals surface area contributed by atoms with Crippen LogP contribution in [0.2, 0.25) is 0 Å². The molecule has 1 fully saturated rings. The van der Waals surface area contributed by atoms with Crippen LogP contribution in [0.3, 0.4) is 0 Å². The van der Waals surface area contributed by atoms with E-state index in [2.05, 4.69) is 5.32 Å². The molecule has 1 saturated heterocycles. The number of piperidine rings is 1. The van der Waals surface area contributed by atoms with Gasteiger partial charge in [0.25, 0.3) is 5.91 Å². The molecule has 1 aliphatic rings. The predicted octanol–water partition coefficient (Wildman–Crippen LogP) is 1.37. The maximum Gasteiger partial charge on any atom is 0.289 e. The van der Waals surface area contributed by atoms with Crippen molar-refractivity contribution in [3.63, 3.8) is 0 Å². The molecule has 23 heavy (non-hydrogen) atoms. The average molecular weight is 321 g/mol. The summed E-state index contributed by atoms with van der Waals surface area (Å²) in [4.78, 5) is 28.3. The van der Waals surface area contributed by atoms with Crippen LogP contribution in [0.4, 0.5) is 0 Å². The lowest BCUT2D eigenvalue weighted by Gasteiger charge is -2.32. The highest BCUT2D eigenvalue weighted by Crippen LogP contribution is 2.21. The second-order valence-corrected chi connectivity index (χ2v) is 6.05. The minimum Gasteiger partial charge on any atom is -0.456 e. The van der Waals surface area contributed by atoms with Gasteiger partial charge in [0.1, 0.15) is 5.76 Å². The molecule has 0 unspecified atom stereocenters. The summed E-state index contributed by atoms with van der Waals surface area (Å²) in [6.07, 6.45) is 2.22. The largest absolute Gasteiger partial charge is 0.456 e. The Morgan fingerprint density at radius 1 is 1.35 bits per heavy atom. The van der Waals surface area contributed by atoms with Crippen LogP contribution in [0.5, 0.6) is 0 Å². The summed E-state index contributed by atoms with van der Waals surface area (Å²) in [5.74, 6) is 1.35. The Morgan fingerprint density at radius 2 is 2.04 bits per heavy atom. The number of carbonyl (C=O) groups is 2. The van der Waals surface area contributed by atoms with E-state index in [4.69, 9.17) is 4.42 Å². The third-order valence-electron chi connectivity index (χ3n) is 4.43. The van der Waals surface area contributed by atoms with Gasteiger partial charge >= 0.3 is 0 Å². The molecule has 0 aliphatic carbocycles. The van der Waals surface area contributed by atoms with Gasteiger partial charge in [-0.25, -0.2) is 0 Å². The van der Waals surface area contributed by atoms with Crippen LogP contribution in [0.25, 0.3) is 0 Å². The Balaban J connectivity index is 1.85. The summed E-state index contributed by atoms with van der Waals surface area (Å²) >= 11 is 0. The van der Waals surface area contributed by atoms with Crippen molar-refractivity contribution in [2.24, 2.45) is 5.92 Å². The van der Waals surface area contributed by atoms with Crippen molar-refractivity contribution in [3.05, 3.63) is 23.7 Å². The van der Waals surface area contributed by atoms with E-state index in [1.807, 2.05) is 27.1 Å². The van der Waals surface area contributed by atoms with Gasteiger partial charge in [-0.2, -0.15) is 0 Å². The van der Waals surface area contributed by atoms with Gasteiger partial charge in [0.2, 0.25) is 5.91 Å². The SMILES string of the molecule is CCc1ccc(C(=O)N2CCC(C(=O)N(C)CCNC)CC2)o1. The third-order valence-corrected chi connectivity index (χ3v) is 4.43. The molecule has 128 valence electrons. The zero-order valence-corrected chi connectivity index (χ0v) is 14.3. The summed E-state index contributed by atoms with van der Waals surface area (Å²) < 4.78 is 5.53. The van der Waals surface area contributed by atoms with Gasteiger partial charge in [-0.1, -0.05) is 6.92 Å². The van der Waals surface area contributed by atoms with Crippen LogP contribution in [0.1, 0.15) is 36.1 Å². The first-order chi connectivity index (χ1) is 11.1. The quantitative estimate of drug-likeness (QED) is 0.859. The van der Waals surface area contributed by atoms with Gasteiger partial charge < -0.3 is 19.5 Å². The normalized spacial score (nSPS) is 15.7. The van der Waals surface area contributed by atoms with Crippen LogP contribution in [0.15, 0.2) is 16.5 Å². The molecule has 0 saturated carbocycles. The molecule has 6 nitrogen and oxygen atoms in total. The molecule has 1 aliphatic heterocycles. The van der Waals surface area contributed by atoms with Gasteiger partial charge in [-0.3, -0.25) is 9.59 Å². The zero-order valence-electron chi connectivity index (χ0n) is 14.3. The van der Waals surface area contributed by atoms with E-state index < -0.39 is 0 Å². The summed E-state index contributed by atoms with van der Waals surface area (Å²) in [6.45, 7) is 4.71. The Hall–Kier alpha value is -1.82. The first-order valence-corrected chi connectivity index (χ1v) is 8.34. The minimum atomic E-state index is -0.0702. The van der Waals surface area contributed by atoms with E-state index >= 15 is 0 Å². The maximum absolute atomic E-state index is 12.4. The Labute approximate surface area is 137 Å². The molecular formula is C17H27N3O3. The number of amides is 2. The molecule has 1 aromatic rings. The van der Waals surface area contributed by atoms with Gasteiger partial charge in [0, 0.05) is 45.6 Å². The summed E-state index contributed by atoms with van der Waals surface area (Å²) in [7, 11) is 3.72.